The molecule has 0 aromatic heterocycles. The maximum Gasteiger partial charge on any atom is 0.408 e. The van der Waals surface area contributed by atoms with Crippen molar-refractivity contribution in [3.8, 4) is 0 Å². The summed E-state index contributed by atoms with van der Waals surface area (Å²) in [5.41, 5.74) is 2.95. The van der Waals surface area contributed by atoms with Crippen molar-refractivity contribution in [3.05, 3.63) is 96.2 Å². The predicted octanol–water partition coefficient (Wildman–Crippen LogP) is 5.65. The van der Waals surface area contributed by atoms with Crippen LogP contribution in [0.4, 0.5) is 4.79 Å². The Balaban J connectivity index is 2.96. The molecule has 0 heterocycles. The highest BCUT2D eigenvalue weighted by atomic mass is 16.6. The summed E-state index contributed by atoms with van der Waals surface area (Å²) in [6.07, 6.45) is 7.46. The van der Waals surface area contributed by atoms with Crippen LogP contribution in [0.15, 0.2) is 90.6 Å². The highest BCUT2D eigenvalue weighted by Gasteiger charge is 2.25. The Morgan fingerprint density at radius 2 is 1.78 bits per heavy atom. The van der Waals surface area contributed by atoms with Gasteiger partial charge in [0, 0.05) is 0 Å². The van der Waals surface area contributed by atoms with Gasteiger partial charge < -0.3 is 19.9 Å². The van der Waals surface area contributed by atoms with Crippen LogP contribution in [-0.2, 0) is 16.1 Å². The summed E-state index contributed by atoms with van der Waals surface area (Å²) >= 11 is 0. The van der Waals surface area contributed by atoms with Crippen molar-refractivity contribution < 1.29 is 19.4 Å². The van der Waals surface area contributed by atoms with Crippen molar-refractivity contribution >= 4 is 6.09 Å². The van der Waals surface area contributed by atoms with Crippen LogP contribution in [0.1, 0.15) is 40.2 Å². The highest BCUT2D eigenvalue weighted by molar-refractivity contribution is 5.68. The monoisotopic (exact) mass is 439 g/mol. The second kappa shape index (κ2) is 13.5. The third-order valence-corrected chi connectivity index (χ3v) is 4.53. The van der Waals surface area contributed by atoms with E-state index in [9.17, 15) is 9.90 Å². The maximum atomic E-state index is 12.3. The molecule has 32 heavy (non-hydrogen) atoms. The fourth-order valence-electron chi connectivity index (χ4n) is 2.80. The minimum absolute atomic E-state index is 0.122. The number of aliphatic hydroxyl groups excluding tert-OH is 1. The lowest BCUT2D eigenvalue weighted by Gasteiger charge is -2.27. The van der Waals surface area contributed by atoms with Crippen molar-refractivity contribution in [1.29, 1.82) is 0 Å². The number of alkyl carbamates (subject to hydrolysis) is 1. The summed E-state index contributed by atoms with van der Waals surface area (Å²) in [5.74, 6) is 0. The van der Waals surface area contributed by atoms with Crippen LogP contribution >= 0.6 is 0 Å². The number of carbonyl (C=O) groups is 1. The van der Waals surface area contributed by atoms with Gasteiger partial charge in [-0.25, -0.2) is 4.79 Å². The molecule has 0 bridgehead atoms. The van der Waals surface area contributed by atoms with Gasteiger partial charge in [-0.3, -0.25) is 0 Å². The van der Waals surface area contributed by atoms with E-state index in [1.807, 2.05) is 55.5 Å². The molecular formula is C27H37NO4. The lowest BCUT2D eigenvalue weighted by molar-refractivity contribution is 0.0266. The number of amides is 1. The number of benzene rings is 1. The number of rotatable bonds is 11. The lowest BCUT2D eigenvalue weighted by Crippen LogP contribution is -2.48. The molecule has 0 spiro atoms. The standard InChI is InChI=1S/C27H37NO4/c1-8-13-23(9-2)20(3)16-17-21(4)25(29)24(28-26(30)32-27(5,6)7)19-31-18-22-14-11-10-12-15-22/h8-17,24-25,29H,1-2,18-19H2,3-7H3,(H,28,30)/b20-16+,21-17+,23-13+. The molecule has 0 saturated carbocycles. The fraction of sp³-hybridized carbons (Fsp3) is 0.370. The van der Waals surface area contributed by atoms with E-state index in [1.165, 1.54) is 0 Å². The Morgan fingerprint density at radius 3 is 2.34 bits per heavy atom. The molecule has 5 nitrogen and oxygen atoms in total. The molecular weight excluding hydrogens is 402 g/mol. The molecule has 5 heteroatoms. The molecule has 1 rings (SSSR count). The van der Waals surface area contributed by atoms with Crippen molar-refractivity contribution in [2.24, 2.45) is 0 Å². The SMILES string of the molecule is C=C/C=C(C=C)/C(C)=C/C=C(\C)C(O)C(COCc1ccccc1)NC(=O)OC(C)(C)C. The average molecular weight is 440 g/mol. The molecule has 1 amide bonds. The first-order valence-electron chi connectivity index (χ1n) is 10.7. The van der Waals surface area contributed by atoms with Crippen LogP contribution in [-0.4, -0.2) is 35.6 Å². The smallest absolute Gasteiger partial charge is 0.408 e. The third-order valence-electron chi connectivity index (χ3n) is 4.53. The molecule has 0 fully saturated rings. The highest BCUT2D eigenvalue weighted by Crippen LogP contribution is 2.15. The Hall–Kier alpha value is -2.89. The molecule has 1 aromatic carbocycles. The second-order valence-electron chi connectivity index (χ2n) is 8.52. The fourth-order valence-corrected chi connectivity index (χ4v) is 2.80. The van der Waals surface area contributed by atoms with E-state index < -0.39 is 23.8 Å². The quantitative estimate of drug-likeness (QED) is 0.437. The van der Waals surface area contributed by atoms with Crippen molar-refractivity contribution in [2.45, 2.75) is 59.0 Å². The number of aliphatic hydroxyl groups is 1. The molecule has 0 aliphatic heterocycles. The molecule has 2 unspecified atom stereocenters. The van der Waals surface area contributed by atoms with Gasteiger partial charge >= 0.3 is 6.09 Å². The number of allylic oxidation sites excluding steroid dienone is 7. The van der Waals surface area contributed by atoms with E-state index in [1.54, 1.807) is 39.8 Å². The molecule has 2 atom stereocenters. The van der Waals surface area contributed by atoms with Crippen LogP contribution in [0.3, 0.4) is 0 Å². The molecule has 0 aliphatic carbocycles. The number of ether oxygens (including phenoxy) is 2. The van der Waals surface area contributed by atoms with Crippen LogP contribution in [0, 0.1) is 0 Å². The topological polar surface area (TPSA) is 67.8 Å². The van der Waals surface area contributed by atoms with Gasteiger partial charge in [0.25, 0.3) is 0 Å². The Morgan fingerprint density at radius 1 is 1.12 bits per heavy atom. The van der Waals surface area contributed by atoms with E-state index in [0.29, 0.717) is 12.2 Å². The van der Waals surface area contributed by atoms with Gasteiger partial charge in [-0.1, -0.05) is 73.9 Å². The van der Waals surface area contributed by atoms with Gasteiger partial charge in [-0.15, -0.1) is 0 Å². The predicted molar refractivity (Wildman–Crippen MR) is 131 cm³/mol. The molecule has 1 aromatic rings. The first-order chi connectivity index (χ1) is 15.1. The number of hydrogen-bond donors (Lipinski definition) is 2. The minimum Gasteiger partial charge on any atom is -0.444 e. The Bertz CT molecular complexity index is 844. The van der Waals surface area contributed by atoms with Crippen LogP contribution in [0.5, 0.6) is 0 Å². The summed E-state index contributed by atoms with van der Waals surface area (Å²) in [4.78, 5) is 12.3. The van der Waals surface area contributed by atoms with Gasteiger partial charge in [0.05, 0.1) is 25.4 Å². The lowest BCUT2D eigenvalue weighted by atomic mass is 10.0. The summed E-state index contributed by atoms with van der Waals surface area (Å²) in [7, 11) is 0. The zero-order chi connectivity index (χ0) is 24.1. The number of nitrogens with one attached hydrogen (secondary N) is 1. The van der Waals surface area contributed by atoms with Gasteiger partial charge in [0.1, 0.15) is 5.60 Å². The summed E-state index contributed by atoms with van der Waals surface area (Å²) in [5, 5.41) is 13.7. The van der Waals surface area contributed by atoms with Crippen molar-refractivity contribution in [3.63, 3.8) is 0 Å². The minimum atomic E-state index is -0.960. The van der Waals surface area contributed by atoms with Crippen LogP contribution < -0.4 is 5.32 Å². The van der Waals surface area contributed by atoms with E-state index in [0.717, 1.165) is 16.7 Å². The van der Waals surface area contributed by atoms with Crippen molar-refractivity contribution in [1.82, 2.24) is 5.32 Å². The van der Waals surface area contributed by atoms with Crippen LogP contribution in [0.25, 0.3) is 0 Å². The van der Waals surface area contributed by atoms with Gasteiger partial charge in [-0.05, 0) is 56.9 Å². The number of hydrogen-bond acceptors (Lipinski definition) is 4. The zero-order valence-corrected chi connectivity index (χ0v) is 19.9. The first-order valence-corrected chi connectivity index (χ1v) is 10.7. The maximum absolute atomic E-state index is 12.3. The van der Waals surface area contributed by atoms with E-state index >= 15 is 0 Å². The van der Waals surface area contributed by atoms with E-state index in [4.69, 9.17) is 9.47 Å². The van der Waals surface area contributed by atoms with Gasteiger partial charge in [0.15, 0.2) is 0 Å². The Labute approximate surface area is 192 Å². The molecule has 2 N–H and O–H groups in total. The first kappa shape index (κ1) is 27.1. The molecule has 0 saturated heterocycles. The molecule has 0 aliphatic rings. The molecule has 0 radical (unpaired) electrons. The van der Waals surface area contributed by atoms with E-state index in [2.05, 4.69) is 18.5 Å². The molecule has 174 valence electrons. The van der Waals surface area contributed by atoms with E-state index in [-0.39, 0.29) is 6.61 Å². The number of carbonyl (C=O) groups excluding carboxylic acids is 1. The second-order valence-corrected chi connectivity index (χ2v) is 8.52. The summed E-state index contributed by atoms with van der Waals surface area (Å²) < 4.78 is 11.1. The largest absolute Gasteiger partial charge is 0.444 e. The van der Waals surface area contributed by atoms with Crippen LogP contribution in [0.2, 0.25) is 0 Å². The van der Waals surface area contributed by atoms with Gasteiger partial charge in [0.2, 0.25) is 0 Å². The Kier molecular flexibility index (Phi) is 11.5. The normalized spacial score (nSPS) is 15.0. The average Bonchev–Trinajstić information content (AvgIpc) is 2.73. The third kappa shape index (κ3) is 10.4. The van der Waals surface area contributed by atoms with Crippen molar-refractivity contribution in [2.75, 3.05) is 6.61 Å². The zero-order valence-electron chi connectivity index (χ0n) is 19.9. The summed E-state index contributed by atoms with van der Waals surface area (Å²) in [6.45, 7) is 17.1. The summed E-state index contributed by atoms with van der Waals surface area (Å²) in [6, 6.07) is 9.04. The van der Waals surface area contributed by atoms with Gasteiger partial charge in [-0.2, -0.15) is 0 Å².